The Bertz CT molecular complexity index is 991. The van der Waals surface area contributed by atoms with E-state index < -0.39 is 17.5 Å². The summed E-state index contributed by atoms with van der Waals surface area (Å²) in [6, 6.07) is 16.3. The molecule has 2 aromatic rings. The summed E-state index contributed by atoms with van der Waals surface area (Å²) in [7, 11) is 0. The molecule has 174 valence electrons. The highest BCUT2D eigenvalue weighted by Gasteiger charge is 2.44. The van der Waals surface area contributed by atoms with Gasteiger partial charge in [-0.25, -0.2) is 4.79 Å². The number of carbonyl (C=O) groups excluding carboxylic acids is 2. The summed E-state index contributed by atoms with van der Waals surface area (Å²) in [5.74, 6) is -0.414. The smallest absolute Gasteiger partial charge is 0.407 e. The van der Waals surface area contributed by atoms with Crippen LogP contribution in [0.2, 0.25) is 0 Å². The summed E-state index contributed by atoms with van der Waals surface area (Å²) >= 11 is 1.26. The Morgan fingerprint density at radius 1 is 1.00 bits per heavy atom. The van der Waals surface area contributed by atoms with Crippen LogP contribution in [0.15, 0.2) is 48.5 Å². The molecular formula is C25H28N2O5S. The zero-order valence-corrected chi connectivity index (χ0v) is 19.2. The van der Waals surface area contributed by atoms with Crippen LogP contribution in [0, 0.1) is 5.41 Å². The van der Waals surface area contributed by atoms with Crippen LogP contribution in [0.25, 0.3) is 11.1 Å². The summed E-state index contributed by atoms with van der Waals surface area (Å²) < 4.78 is 5.58. The molecule has 0 saturated heterocycles. The SMILES string of the molecule is O=C(O)CSCCNC(=O)C1(CNC(=O)OCC2c3ccccc3-c3ccccc32)CCC1. The van der Waals surface area contributed by atoms with Crippen LogP contribution in [0.3, 0.4) is 0 Å². The number of carboxylic acid groups (broad SMARTS) is 1. The van der Waals surface area contributed by atoms with Crippen LogP contribution < -0.4 is 10.6 Å². The molecule has 4 rings (SSSR count). The van der Waals surface area contributed by atoms with Gasteiger partial charge in [0.2, 0.25) is 5.91 Å². The molecule has 1 saturated carbocycles. The maximum absolute atomic E-state index is 12.7. The van der Waals surface area contributed by atoms with Crippen LogP contribution in [0.1, 0.15) is 36.3 Å². The fourth-order valence-corrected chi connectivity index (χ4v) is 5.13. The first kappa shape index (κ1) is 23.2. The number of thioether (sulfide) groups is 1. The van der Waals surface area contributed by atoms with Gasteiger partial charge < -0.3 is 20.5 Å². The van der Waals surface area contributed by atoms with Crippen molar-refractivity contribution in [1.29, 1.82) is 0 Å². The van der Waals surface area contributed by atoms with E-state index in [1.807, 2.05) is 24.3 Å². The molecule has 0 spiro atoms. The highest BCUT2D eigenvalue weighted by atomic mass is 32.2. The van der Waals surface area contributed by atoms with Crippen molar-refractivity contribution >= 4 is 29.7 Å². The quantitative estimate of drug-likeness (QED) is 0.460. The summed E-state index contributed by atoms with van der Waals surface area (Å²) in [6.07, 6.45) is 1.84. The third-order valence-electron chi connectivity index (χ3n) is 6.46. The fourth-order valence-electron chi connectivity index (χ4n) is 4.56. The van der Waals surface area contributed by atoms with E-state index in [0.29, 0.717) is 25.1 Å². The molecule has 0 aliphatic heterocycles. The van der Waals surface area contributed by atoms with E-state index in [-0.39, 0.29) is 30.7 Å². The Labute approximate surface area is 197 Å². The third kappa shape index (κ3) is 5.16. The topological polar surface area (TPSA) is 105 Å². The number of fused-ring (bicyclic) bond motifs is 3. The molecule has 2 aliphatic carbocycles. The lowest BCUT2D eigenvalue weighted by atomic mass is 9.68. The number of alkyl carbamates (subject to hydrolysis) is 1. The molecule has 2 amide bonds. The van der Waals surface area contributed by atoms with E-state index in [2.05, 4.69) is 34.9 Å². The van der Waals surface area contributed by atoms with Gasteiger partial charge in [0.1, 0.15) is 6.61 Å². The summed E-state index contributed by atoms with van der Waals surface area (Å²) in [5.41, 5.74) is 4.05. The average molecular weight is 469 g/mol. The van der Waals surface area contributed by atoms with E-state index in [4.69, 9.17) is 9.84 Å². The van der Waals surface area contributed by atoms with Crippen molar-refractivity contribution in [3.8, 4) is 11.1 Å². The standard InChI is InChI=1S/C25H28N2O5S/c28-22(29)15-33-13-12-26-23(30)25(10-5-11-25)16-27-24(31)32-14-21-19-8-3-1-6-17(19)18-7-2-4-9-20(18)21/h1-4,6-9,21H,5,10-16H2,(H,26,30)(H,27,31)(H,28,29). The highest BCUT2D eigenvalue weighted by molar-refractivity contribution is 7.99. The first-order valence-corrected chi connectivity index (χ1v) is 12.3. The molecule has 3 N–H and O–H groups in total. The maximum Gasteiger partial charge on any atom is 0.407 e. The molecule has 0 radical (unpaired) electrons. The van der Waals surface area contributed by atoms with Gasteiger partial charge in [-0.3, -0.25) is 9.59 Å². The van der Waals surface area contributed by atoms with Crippen LogP contribution in [-0.4, -0.2) is 54.3 Å². The number of amides is 2. The predicted molar refractivity (Wildman–Crippen MR) is 127 cm³/mol. The number of benzene rings is 2. The lowest BCUT2D eigenvalue weighted by Gasteiger charge is -2.40. The summed E-state index contributed by atoms with van der Waals surface area (Å²) in [5, 5.41) is 14.3. The number of hydrogen-bond donors (Lipinski definition) is 3. The molecule has 0 atom stereocenters. The first-order valence-electron chi connectivity index (χ1n) is 11.2. The molecule has 7 nitrogen and oxygen atoms in total. The monoisotopic (exact) mass is 468 g/mol. The van der Waals surface area contributed by atoms with Crippen LogP contribution in [0.4, 0.5) is 4.79 Å². The largest absolute Gasteiger partial charge is 0.481 e. The average Bonchev–Trinajstić information content (AvgIpc) is 3.10. The van der Waals surface area contributed by atoms with Gasteiger partial charge in [-0.15, -0.1) is 11.8 Å². The Kier molecular flexibility index (Phi) is 7.23. The molecule has 8 heteroatoms. The number of aliphatic carboxylic acids is 1. The minimum Gasteiger partial charge on any atom is -0.481 e. The van der Waals surface area contributed by atoms with Crippen molar-refractivity contribution < 1.29 is 24.2 Å². The molecule has 0 aromatic heterocycles. The van der Waals surface area contributed by atoms with Gasteiger partial charge in [0.05, 0.1) is 11.2 Å². The molecule has 0 heterocycles. The predicted octanol–water partition coefficient (Wildman–Crippen LogP) is 3.63. The molecule has 33 heavy (non-hydrogen) atoms. The van der Waals surface area contributed by atoms with Crippen LogP contribution >= 0.6 is 11.8 Å². The summed E-state index contributed by atoms with van der Waals surface area (Å²) in [4.78, 5) is 35.7. The van der Waals surface area contributed by atoms with Gasteiger partial charge in [-0.05, 0) is 35.1 Å². The molecule has 1 fully saturated rings. The van der Waals surface area contributed by atoms with Gasteiger partial charge in [0.25, 0.3) is 0 Å². The van der Waals surface area contributed by atoms with Crippen molar-refractivity contribution in [3.63, 3.8) is 0 Å². The Hall–Kier alpha value is -3.00. The zero-order valence-electron chi connectivity index (χ0n) is 18.3. The van der Waals surface area contributed by atoms with E-state index >= 15 is 0 Å². The van der Waals surface area contributed by atoms with E-state index in [1.165, 1.54) is 22.9 Å². The lowest BCUT2D eigenvalue weighted by molar-refractivity contribution is -0.135. The zero-order chi connectivity index (χ0) is 23.3. The summed E-state index contributed by atoms with van der Waals surface area (Å²) in [6.45, 7) is 0.876. The Balaban J connectivity index is 1.27. The maximum atomic E-state index is 12.7. The second kappa shape index (κ2) is 10.3. The highest BCUT2D eigenvalue weighted by Crippen LogP contribution is 2.44. The van der Waals surface area contributed by atoms with Crippen LogP contribution in [0.5, 0.6) is 0 Å². The van der Waals surface area contributed by atoms with Crippen molar-refractivity contribution in [1.82, 2.24) is 10.6 Å². The molecule has 0 bridgehead atoms. The van der Waals surface area contributed by atoms with Gasteiger partial charge in [0, 0.05) is 24.8 Å². The van der Waals surface area contributed by atoms with Crippen LogP contribution in [-0.2, 0) is 14.3 Å². The Morgan fingerprint density at radius 2 is 1.64 bits per heavy atom. The number of carboxylic acids is 1. The Morgan fingerprint density at radius 3 is 2.21 bits per heavy atom. The molecular weight excluding hydrogens is 440 g/mol. The first-order chi connectivity index (χ1) is 16.0. The van der Waals surface area contributed by atoms with Crippen molar-refractivity contribution in [2.75, 3.05) is 31.2 Å². The van der Waals surface area contributed by atoms with Gasteiger partial charge in [-0.2, -0.15) is 0 Å². The number of carbonyl (C=O) groups is 3. The van der Waals surface area contributed by atoms with E-state index in [1.54, 1.807) is 0 Å². The molecule has 2 aromatic carbocycles. The lowest BCUT2D eigenvalue weighted by Crippen LogP contribution is -2.52. The van der Waals surface area contributed by atoms with Gasteiger partial charge in [0.15, 0.2) is 0 Å². The minimum absolute atomic E-state index is 0.00702. The third-order valence-corrected chi connectivity index (χ3v) is 7.41. The number of ether oxygens (including phenoxy) is 1. The second-order valence-electron chi connectivity index (χ2n) is 8.52. The normalized spacial score (nSPS) is 15.6. The van der Waals surface area contributed by atoms with E-state index in [0.717, 1.165) is 17.5 Å². The number of nitrogens with one attached hydrogen (secondary N) is 2. The van der Waals surface area contributed by atoms with Gasteiger partial charge in [-0.1, -0.05) is 55.0 Å². The van der Waals surface area contributed by atoms with E-state index in [9.17, 15) is 14.4 Å². The van der Waals surface area contributed by atoms with Gasteiger partial charge >= 0.3 is 12.1 Å². The van der Waals surface area contributed by atoms with Crippen molar-refractivity contribution in [3.05, 3.63) is 59.7 Å². The van der Waals surface area contributed by atoms with Crippen molar-refractivity contribution in [2.45, 2.75) is 25.2 Å². The minimum atomic E-state index is -0.867. The van der Waals surface area contributed by atoms with Crippen molar-refractivity contribution in [2.24, 2.45) is 5.41 Å². The number of rotatable bonds is 10. The molecule has 0 unspecified atom stereocenters. The fraction of sp³-hybridized carbons (Fsp3) is 0.400. The molecule has 2 aliphatic rings. The number of hydrogen-bond acceptors (Lipinski definition) is 5. The second-order valence-corrected chi connectivity index (χ2v) is 9.62.